The smallest absolute Gasteiger partial charge is 0.0514 e. The molecule has 0 fully saturated rings. The summed E-state index contributed by atoms with van der Waals surface area (Å²) in [6.07, 6.45) is 5.71. The van der Waals surface area contributed by atoms with Crippen molar-refractivity contribution in [3.05, 3.63) is 12.3 Å². The van der Waals surface area contributed by atoms with E-state index >= 15 is 0 Å². The van der Waals surface area contributed by atoms with Crippen molar-refractivity contribution in [2.45, 2.75) is 0 Å². The van der Waals surface area contributed by atoms with Crippen molar-refractivity contribution in [3.63, 3.8) is 0 Å². The van der Waals surface area contributed by atoms with Crippen LogP contribution in [0.25, 0.3) is 0 Å². The van der Waals surface area contributed by atoms with E-state index in [2.05, 4.69) is 26.3 Å². The molecule has 0 saturated carbocycles. The maximum Gasteiger partial charge on any atom is 0.0514 e. The predicted octanol–water partition coefficient (Wildman–Crippen LogP) is -1.06. The van der Waals surface area contributed by atoms with Crippen LogP contribution in [0.5, 0.6) is 0 Å². The number of hydrogen-bond donors (Lipinski definition) is 4. The molecule has 1 heterocycles. The fourth-order valence-corrected chi connectivity index (χ4v) is 1.36. The molecule has 1 rings (SSSR count). The van der Waals surface area contributed by atoms with Crippen molar-refractivity contribution in [3.8, 4) is 0 Å². The van der Waals surface area contributed by atoms with E-state index in [4.69, 9.17) is 0 Å². The monoisotopic (exact) mass is 225 g/mol. The van der Waals surface area contributed by atoms with E-state index in [0.717, 1.165) is 52.4 Å². The van der Waals surface area contributed by atoms with Crippen LogP contribution in [-0.4, -0.2) is 58.6 Å². The van der Waals surface area contributed by atoms with Gasteiger partial charge < -0.3 is 21.3 Å². The Balaban J connectivity index is 2.15. The topological polar surface area (TPSA) is 60.5 Å². The highest BCUT2D eigenvalue weighted by atomic mass is 15.0. The molecule has 0 radical (unpaired) electrons. The fraction of sp³-hybridized carbons (Fsp3) is 0.727. The second kappa shape index (κ2) is 10.6. The standard InChI is InChI=1S/C11H23N5/c1-2-12-4-6-14-8-10-16-11-9-15-7-5-13-3-1/h1-3,12,14-16H,4-11H2. The van der Waals surface area contributed by atoms with Crippen molar-refractivity contribution in [2.75, 3.05) is 52.4 Å². The minimum Gasteiger partial charge on any atom is -0.390 e. The summed E-state index contributed by atoms with van der Waals surface area (Å²) in [7, 11) is 0. The second-order valence-corrected chi connectivity index (χ2v) is 3.62. The summed E-state index contributed by atoms with van der Waals surface area (Å²) < 4.78 is 0. The molecule has 0 aliphatic carbocycles. The molecule has 0 atom stereocenters. The number of nitrogens with zero attached hydrogens (tertiary/aromatic N) is 1. The van der Waals surface area contributed by atoms with Crippen LogP contribution >= 0.6 is 0 Å². The molecule has 16 heavy (non-hydrogen) atoms. The number of hydrogen-bond acceptors (Lipinski definition) is 5. The Labute approximate surface area is 97.8 Å². The highest BCUT2D eigenvalue weighted by Crippen LogP contribution is 1.70. The molecule has 0 aromatic carbocycles. The minimum absolute atomic E-state index is 0.839. The van der Waals surface area contributed by atoms with E-state index < -0.39 is 0 Å². The van der Waals surface area contributed by atoms with Gasteiger partial charge in [0.15, 0.2) is 0 Å². The van der Waals surface area contributed by atoms with Crippen LogP contribution in [0.1, 0.15) is 0 Å². The minimum atomic E-state index is 0.839. The summed E-state index contributed by atoms with van der Waals surface area (Å²) in [6.45, 7) is 7.79. The Kier molecular flexibility index (Phi) is 8.72. The van der Waals surface area contributed by atoms with E-state index in [-0.39, 0.29) is 0 Å². The highest BCUT2D eigenvalue weighted by Gasteiger charge is 1.89. The molecule has 0 amide bonds. The zero-order valence-electron chi connectivity index (χ0n) is 9.84. The normalized spacial score (nSPS) is 21.5. The van der Waals surface area contributed by atoms with Crippen LogP contribution < -0.4 is 21.3 Å². The summed E-state index contributed by atoms with van der Waals surface area (Å²) in [5.74, 6) is 0. The van der Waals surface area contributed by atoms with Crippen LogP contribution in [0.2, 0.25) is 0 Å². The van der Waals surface area contributed by atoms with Gasteiger partial charge in [0.25, 0.3) is 0 Å². The van der Waals surface area contributed by atoms with Crippen LogP contribution in [0.4, 0.5) is 0 Å². The first-order valence-corrected chi connectivity index (χ1v) is 6.00. The van der Waals surface area contributed by atoms with E-state index in [9.17, 15) is 0 Å². The van der Waals surface area contributed by atoms with E-state index in [1.807, 2.05) is 18.5 Å². The lowest BCUT2D eigenvalue weighted by molar-refractivity contribution is 0.580. The molecular formula is C11H23N5. The lowest BCUT2D eigenvalue weighted by Gasteiger charge is -2.07. The van der Waals surface area contributed by atoms with Gasteiger partial charge in [-0.2, -0.15) is 0 Å². The number of aliphatic imine (C=N–C) groups is 1. The molecule has 0 bridgehead atoms. The molecular weight excluding hydrogens is 202 g/mol. The Bertz CT molecular complexity index is 181. The fourth-order valence-electron chi connectivity index (χ4n) is 1.36. The largest absolute Gasteiger partial charge is 0.390 e. The second-order valence-electron chi connectivity index (χ2n) is 3.62. The van der Waals surface area contributed by atoms with Gasteiger partial charge in [-0.05, 0) is 12.3 Å². The lowest BCUT2D eigenvalue weighted by Crippen LogP contribution is -2.35. The van der Waals surface area contributed by atoms with Crippen molar-refractivity contribution in [2.24, 2.45) is 4.99 Å². The van der Waals surface area contributed by atoms with Crippen molar-refractivity contribution >= 4 is 6.21 Å². The third kappa shape index (κ3) is 8.40. The molecule has 0 aromatic heterocycles. The molecule has 0 spiro atoms. The number of allylic oxidation sites excluding steroid dienone is 1. The Morgan fingerprint density at radius 1 is 0.750 bits per heavy atom. The molecule has 1 aliphatic rings. The summed E-state index contributed by atoms with van der Waals surface area (Å²) >= 11 is 0. The molecule has 1 aliphatic heterocycles. The predicted molar refractivity (Wildman–Crippen MR) is 69.1 cm³/mol. The maximum absolute atomic E-state index is 4.25. The Hall–Kier alpha value is -0.910. The third-order valence-corrected chi connectivity index (χ3v) is 2.23. The molecule has 0 aromatic rings. The number of nitrogens with one attached hydrogen (secondary N) is 4. The Morgan fingerprint density at radius 2 is 1.38 bits per heavy atom. The molecule has 5 nitrogen and oxygen atoms in total. The molecule has 0 unspecified atom stereocenters. The summed E-state index contributed by atoms with van der Waals surface area (Å²) in [4.78, 5) is 4.25. The zero-order chi connectivity index (χ0) is 11.3. The quantitative estimate of drug-likeness (QED) is 0.425. The van der Waals surface area contributed by atoms with E-state index in [1.54, 1.807) is 0 Å². The summed E-state index contributed by atoms with van der Waals surface area (Å²) in [6, 6.07) is 0. The van der Waals surface area contributed by atoms with Crippen molar-refractivity contribution in [1.82, 2.24) is 21.3 Å². The van der Waals surface area contributed by atoms with Gasteiger partial charge in [-0.15, -0.1) is 0 Å². The van der Waals surface area contributed by atoms with Gasteiger partial charge in [-0.1, -0.05) is 0 Å². The highest BCUT2D eigenvalue weighted by molar-refractivity contribution is 5.70. The maximum atomic E-state index is 4.25. The van der Waals surface area contributed by atoms with Crippen LogP contribution in [-0.2, 0) is 0 Å². The summed E-state index contributed by atoms with van der Waals surface area (Å²) in [5.41, 5.74) is 0. The van der Waals surface area contributed by atoms with Crippen LogP contribution in [0.3, 0.4) is 0 Å². The van der Waals surface area contributed by atoms with Gasteiger partial charge in [0, 0.05) is 52.0 Å². The average Bonchev–Trinajstić information content (AvgIpc) is 2.29. The lowest BCUT2D eigenvalue weighted by atomic mass is 10.5. The summed E-state index contributed by atoms with van der Waals surface area (Å²) in [5, 5.41) is 13.3. The Morgan fingerprint density at radius 3 is 2.12 bits per heavy atom. The zero-order valence-corrected chi connectivity index (χ0v) is 9.84. The van der Waals surface area contributed by atoms with Gasteiger partial charge in [0.05, 0.1) is 6.54 Å². The molecule has 5 heteroatoms. The van der Waals surface area contributed by atoms with Crippen LogP contribution in [0, 0.1) is 0 Å². The molecule has 4 N–H and O–H groups in total. The van der Waals surface area contributed by atoms with E-state index in [0.29, 0.717) is 0 Å². The van der Waals surface area contributed by atoms with Crippen LogP contribution in [0.15, 0.2) is 17.3 Å². The third-order valence-electron chi connectivity index (χ3n) is 2.23. The average molecular weight is 225 g/mol. The number of rotatable bonds is 0. The van der Waals surface area contributed by atoms with Gasteiger partial charge in [0.1, 0.15) is 0 Å². The van der Waals surface area contributed by atoms with Crippen molar-refractivity contribution in [1.29, 1.82) is 0 Å². The van der Waals surface area contributed by atoms with Gasteiger partial charge in [0.2, 0.25) is 0 Å². The SMILES string of the molecule is C1=CNCCNCCNCCNCCN=C1. The first-order valence-electron chi connectivity index (χ1n) is 6.00. The van der Waals surface area contributed by atoms with Gasteiger partial charge >= 0.3 is 0 Å². The molecule has 92 valence electrons. The molecule has 0 saturated heterocycles. The van der Waals surface area contributed by atoms with E-state index in [1.165, 1.54) is 0 Å². The first-order chi connectivity index (χ1) is 8.00. The van der Waals surface area contributed by atoms with Gasteiger partial charge in [-0.3, -0.25) is 4.99 Å². The first kappa shape index (κ1) is 13.2. The van der Waals surface area contributed by atoms with Crippen molar-refractivity contribution < 1.29 is 0 Å². The van der Waals surface area contributed by atoms with Gasteiger partial charge in [-0.25, -0.2) is 0 Å².